The molecule has 0 unspecified atom stereocenters. The van der Waals surface area contributed by atoms with Gasteiger partial charge in [-0.05, 0) is 49.7 Å². The van der Waals surface area contributed by atoms with Crippen LogP contribution in [0.5, 0.6) is 11.5 Å². The first-order valence-electron chi connectivity index (χ1n) is 5.96. The lowest BCUT2D eigenvalue weighted by Crippen LogP contribution is -2.07. The summed E-state index contributed by atoms with van der Waals surface area (Å²) >= 11 is 6.08. The predicted molar refractivity (Wildman–Crippen MR) is 75.3 cm³/mol. The summed E-state index contributed by atoms with van der Waals surface area (Å²) < 4.78 is 19.0. The Morgan fingerprint density at radius 2 is 1.89 bits per heavy atom. The maximum atomic E-state index is 13.3. The summed E-state index contributed by atoms with van der Waals surface area (Å²) in [5, 5.41) is 0.505. The van der Waals surface area contributed by atoms with Crippen LogP contribution in [0.15, 0.2) is 36.4 Å². The highest BCUT2D eigenvalue weighted by molar-refractivity contribution is 6.32. The zero-order chi connectivity index (χ0) is 14.0. The van der Waals surface area contributed by atoms with Crippen molar-refractivity contribution in [3.63, 3.8) is 0 Å². The lowest BCUT2D eigenvalue weighted by atomic mass is 10.1. The maximum Gasteiger partial charge on any atom is 0.146 e. The summed E-state index contributed by atoms with van der Waals surface area (Å²) in [7, 11) is 0. The molecule has 19 heavy (non-hydrogen) atoms. The van der Waals surface area contributed by atoms with Crippen molar-refractivity contribution >= 4 is 11.6 Å². The molecule has 2 nitrogen and oxygen atoms in total. The van der Waals surface area contributed by atoms with Crippen LogP contribution in [0.2, 0.25) is 5.02 Å². The Morgan fingerprint density at radius 1 is 1.16 bits per heavy atom. The van der Waals surface area contributed by atoms with Crippen molar-refractivity contribution < 1.29 is 9.13 Å². The molecule has 0 aliphatic heterocycles. The summed E-state index contributed by atoms with van der Waals surface area (Å²) in [6.07, 6.45) is 0. The van der Waals surface area contributed by atoms with Crippen LogP contribution in [0, 0.1) is 12.7 Å². The van der Waals surface area contributed by atoms with Gasteiger partial charge in [0.25, 0.3) is 0 Å². The highest BCUT2D eigenvalue weighted by Gasteiger charge is 2.12. The van der Waals surface area contributed by atoms with E-state index in [0.29, 0.717) is 22.1 Å². The van der Waals surface area contributed by atoms with Gasteiger partial charge in [-0.3, -0.25) is 0 Å². The lowest BCUT2D eigenvalue weighted by molar-refractivity contribution is 0.469. The fourth-order valence-corrected chi connectivity index (χ4v) is 1.93. The van der Waals surface area contributed by atoms with Gasteiger partial charge in [-0.1, -0.05) is 17.7 Å². The number of nitrogens with two attached hydrogens (primary N) is 1. The van der Waals surface area contributed by atoms with Crippen LogP contribution in [0.3, 0.4) is 0 Å². The molecule has 0 heterocycles. The molecular formula is C15H15ClFNO. The molecule has 0 aliphatic rings. The highest BCUT2D eigenvalue weighted by atomic mass is 35.5. The molecule has 0 fully saturated rings. The largest absolute Gasteiger partial charge is 0.455 e. The molecule has 0 saturated carbocycles. The van der Waals surface area contributed by atoms with E-state index in [4.69, 9.17) is 22.1 Å². The molecule has 2 N–H and O–H groups in total. The molecule has 0 aromatic heterocycles. The summed E-state index contributed by atoms with van der Waals surface area (Å²) in [5.41, 5.74) is 7.47. The van der Waals surface area contributed by atoms with Gasteiger partial charge in [0.1, 0.15) is 17.3 Å². The first-order valence-corrected chi connectivity index (χ1v) is 6.34. The van der Waals surface area contributed by atoms with E-state index >= 15 is 0 Å². The Morgan fingerprint density at radius 3 is 2.58 bits per heavy atom. The summed E-state index contributed by atoms with van der Waals surface area (Å²) in [6.45, 7) is 3.72. The van der Waals surface area contributed by atoms with Crippen molar-refractivity contribution in [3.8, 4) is 11.5 Å². The van der Waals surface area contributed by atoms with Crippen LogP contribution >= 0.6 is 11.6 Å². The highest BCUT2D eigenvalue weighted by Crippen LogP contribution is 2.34. The number of rotatable bonds is 3. The van der Waals surface area contributed by atoms with Crippen molar-refractivity contribution in [1.82, 2.24) is 0 Å². The molecule has 2 aromatic carbocycles. The van der Waals surface area contributed by atoms with Crippen LogP contribution in [-0.4, -0.2) is 0 Å². The van der Waals surface area contributed by atoms with E-state index in [1.807, 2.05) is 19.1 Å². The Bertz CT molecular complexity index is 599. The lowest BCUT2D eigenvalue weighted by Gasteiger charge is -2.15. The monoisotopic (exact) mass is 279 g/mol. The van der Waals surface area contributed by atoms with Crippen LogP contribution in [-0.2, 0) is 0 Å². The quantitative estimate of drug-likeness (QED) is 0.891. The van der Waals surface area contributed by atoms with Gasteiger partial charge in [-0.2, -0.15) is 0 Å². The zero-order valence-electron chi connectivity index (χ0n) is 10.8. The number of aryl methyl sites for hydroxylation is 1. The first-order chi connectivity index (χ1) is 8.97. The fraction of sp³-hybridized carbons (Fsp3) is 0.200. The molecule has 0 aliphatic carbocycles. The number of hydrogen-bond donors (Lipinski definition) is 1. The van der Waals surface area contributed by atoms with E-state index in [2.05, 4.69) is 0 Å². The average molecular weight is 280 g/mol. The summed E-state index contributed by atoms with van der Waals surface area (Å²) in [4.78, 5) is 0. The van der Waals surface area contributed by atoms with E-state index in [9.17, 15) is 4.39 Å². The van der Waals surface area contributed by atoms with Crippen molar-refractivity contribution in [2.45, 2.75) is 19.9 Å². The predicted octanol–water partition coefficient (Wildman–Crippen LogP) is 4.60. The van der Waals surface area contributed by atoms with Crippen LogP contribution in [0.1, 0.15) is 24.1 Å². The van der Waals surface area contributed by atoms with Crippen molar-refractivity contribution in [3.05, 3.63) is 58.4 Å². The van der Waals surface area contributed by atoms with Gasteiger partial charge in [0.05, 0.1) is 5.02 Å². The maximum absolute atomic E-state index is 13.3. The molecule has 2 rings (SSSR count). The number of hydrogen-bond acceptors (Lipinski definition) is 2. The van der Waals surface area contributed by atoms with Gasteiger partial charge in [0.15, 0.2) is 0 Å². The van der Waals surface area contributed by atoms with E-state index in [0.717, 1.165) is 5.56 Å². The van der Waals surface area contributed by atoms with Gasteiger partial charge in [-0.25, -0.2) is 4.39 Å². The molecular weight excluding hydrogens is 265 g/mol. The fourth-order valence-electron chi connectivity index (χ4n) is 1.78. The standard InChI is InChI=1S/C15H15ClFNO/c1-9-3-5-13(16)15(7-9)19-14-6-4-11(17)8-12(14)10(2)18/h3-8,10H,18H2,1-2H3/t10-/m0/s1. The van der Waals surface area contributed by atoms with Crippen LogP contribution in [0.4, 0.5) is 4.39 Å². The molecule has 0 amide bonds. The van der Waals surface area contributed by atoms with Gasteiger partial charge in [0, 0.05) is 11.6 Å². The molecule has 0 spiro atoms. The Balaban J connectivity index is 2.40. The molecule has 2 aromatic rings. The third-order valence-electron chi connectivity index (χ3n) is 2.77. The van der Waals surface area contributed by atoms with E-state index in [-0.39, 0.29) is 11.9 Å². The number of halogens is 2. The molecule has 0 bridgehead atoms. The van der Waals surface area contributed by atoms with Gasteiger partial charge < -0.3 is 10.5 Å². The third-order valence-corrected chi connectivity index (χ3v) is 3.08. The summed E-state index contributed by atoms with van der Waals surface area (Å²) in [5.74, 6) is 0.717. The topological polar surface area (TPSA) is 35.2 Å². The van der Waals surface area contributed by atoms with Gasteiger partial charge in [-0.15, -0.1) is 0 Å². The van der Waals surface area contributed by atoms with Crippen molar-refractivity contribution in [1.29, 1.82) is 0 Å². The second-order valence-electron chi connectivity index (χ2n) is 4.51. The Kier molecular flexibility index (Phi) is 4.08. The molecule has 100 valence electrons. The van der Waals surface area contributed by atoms with E-state index < -0.39 is 0 Å². The Hall–Kier alpha value is -1.58. The number of benzene rings is 2. The molecule has 1 atom stereocenters. The van der Waals surface area contributed by atoms with Gasteiger partial charge >= 0.3 is 0 Å². The smallest absolute Gasteiger partial charge is 0.146 e. The third kappa shape index (κ3) is 3.25. The second-order valence-corrected chi connectivity index (χ2v) is 4.91. The van der Waals surface area contributed by atoms with E-state index in [1.54, 1.807) is 19.1 Å². The Labute approximate surface area is 117 Å². The summed E-state index contributed by atoms with van der Waals surface area (Å²) in [6, 6.07) is 9.44. The molecule has 0 radical (unpaired) electrons. The van der Waals surface area contributed by atoms with Crippen LogP contribution < -0.4 is 10.5 Å². The second kappa shape index (κ2) is 5.59. The first kappa shape index (κ1) is 13.8. The van der Waals surface area contributed by atoms with Crippen molar-refractivity contribution in [2.75, 3.05) is 0 Å². The normalized spacial score (nSPS) is 12.3. The average Bonchev–Trinajstić information content (AvgIpc) is 2.35. The molecule has 4 heteroatoms. The molecule has 0 saturated heterocycles. The zero-order valence-corrected chi connectivity index (χ0v) is 11.5. The minimum atomic E-state index is -0.338. The number of ether oxygens (including phenoxy) is 1. The minimum absolute atomic E-state index is 0.325. The van der Waals surface area contributed by atoms with Crippen molar-refractivity contribution in [2.24, 2.45) is 5.73 Å². The van der Waals surface area contributed by atoms with Crippen LogP contribution in [0.25, 0.3) is 0 Å². The minimum Gasteiger partial charge on any atom is -0.455 e. The SMILES string of the molecule is Cc1ccc(Cl)c(Oc2ccc(F)cc2[C@H](C)N)c1. The van der Waals surface area contributed by atoms with Gasteiger partial charge in [0.2, 0.25) is 0 Å². The van der Waals surface area contributed by atoms with E-state index in [1.165, 1.54) is 12.1 Å².